The van der Waals surface area contributed by atoms with Crippen molar-refractivity contribution in [1.82, 2.24) is 0 Å². The predicted molar refractivity (Wildman–Crippen MR) is 94.1 cm³/mol. The third-order valence-corrected chi connectivity index (χ3v) is 4.14. The average Bonchev–Trinajstić information content (AvgIpc) is 3.37. The number of amides is 1. The standard InChI is InChI=1S/C20H21NO4/c1-14-11-18(14)20(23)25-13-19(22)21-16-7-9-17(10-8-16)24-12-15-5-3-2-4-6-15/h2-10,14,18H,11-13H2,1H3,(H,21,22). The largest absolute Gasteiger partial charge is 0.489 e. The van der Waals surface area contributed by atoms with Crippen LogP contribution in [-0.4, -0.2) is 18.5 Å². The van der Waals surface area contributed by atoms with Gasteiger partial charge in [-0.2, -0.15) is 0 Å². The normalized spacial score (nSPS) is 18.3. The molecule has 3 rings (SSSR count). The zero-order chi connectivity index (χ0) is 17.6. The van der Waals surface area contributed by atoms with E-state index in [1.807, 2.05) is 37.3 Å². The summed E-state index contributed by atoms with van der Waals surface area (Å²) in [6, 6.07) is 17.0. The molecule has 1 aliphatic carbocycles. The smallest absolute Gasteiger partial charge is 0.309 e. The molecule has 1 fully saturated rings. The number of carbonyl (C=O) groups excluding carboxylic acids is 2. The van der Waals surface area contributed by atoms with E-state index in [1.165, 1.54) is 0 Å². The van der Waals surface area contributed by atoms with Gasteiger partial charge in [0.05, 0.1) is 5.92 Å². The summed E-state index contributed by atoms with van der Waals surface area (Å²) >= 11 is 0. The topological polar surface area (TPSA) is 64.6 Å². The highest BCUT2D eigenvalue weighted by atomic mass is 16.5. The SMILES string of the molecule is CC1CC1C(=O)OCC(=O)Nc1ccc(OCc2ccccc2)cc1. The Morgan fingerprint density at radius 3 is 2.40 bits per heavy atom. The van der Waals surface area contributed by atoms with Crippen LogP contribution in [0.2, 0.25) is 0 Å². The van der Waals surface area contributed by atoms with Gasteiger partial charge in [-0.1, -0.05) is 37.3 Å². The first-order valence-corrected chi connectivity index (χ1v) is 8.35. The van der Waals surface area contributed by atoms with Gasteiger partial charge < -0.3 is 14.8 Å². The molecule has 130 valence electrons. The number of ether oxygens (including phenoxy) is 2. The summed E-state index contributed by atoms with van der Waals surface area (Å²) in [6.45, 7) is 2.23. The van der Waals surface area contributed by atoms with Gasteiger partial charge in [-0.25, -0.2) is 0 Å². The third-order valence-electron chi connectivity index (χ3n) is 4.14. The molecular weight excluding hydrogens is 318 g/mol. The summed E-state index contributed by atoms with van der Waals surface area (Å²) < 4.78 is 10.7. The first-order chi connectivity index (χ1) is 12.1. The summed E-state index contributed by atoms with van der Waals surface area (Å²) in [6.07, 6.45) is 0.852. The second-order valence-corrected chi connectivity index (χ2v) is 6.27. The van der Waals surface area contributed by atoms with E-state index in [4.69, 9.17) is 9.47 Å². The molecule has 25 heavy (non-hydrogen) atoms. The van der Waals surface area contributed by atoms with E-state index in [0.717, 1.165) is 17.7 Å². The second kappa shape index (κ2) is 7.83. The van der Waals surface area contributed by atoms with Crippen molar-refractivity contribution < 1.29 is 19.1 Å². The van der Waals surface area contributed by atoms with Crippen LogP contribution in [-0.2, 0) is 20.9 Å². The average molecular weight is 339 g/mol. The summed E-state index contributed by atoms with van der Waals surface area (Å²) in [5.74, 6) is 0.427. The summed E-state index contributed by atoms with van der Waals surface area (Å²) in [5, 5.41) is 2.70. The molecule has 2 unspecified atom stereocenters. The fourth-order valence-electron chi connectivity index (χ4n) is 2.47. The summed E-state index contributed by atoms with van der Waals surface area (Å²) in [7, 11) is 0. The van der Waals surface area contributed by atoms with Crippen LogP contribution in [0.4, 0.5) is 5.69 Å². The zero-order valence-corrected chi connectivity index (χ0v) is 14.1. The minimum absolute atomic E-state index is 0.0335. The molecule has 1 amide bonds. The van der Waals surface area contributed by atoms with Gasteiger partial charge >= 0.3 is 5.97 Å². The molecule has 1 saturated carbocycles. The van der Waals surface area contributed by atoms with Crippen LogP contribution in [0.25, 0.3) is 0 Å². The molecule has 5 nitrogen and oxygen atoms in total. The van der Waals surface area contributed by atoms with Crippen LogP contribution >= 0.6 is 0 Å². The molecule has 1 aliphatic rings. The number of rotatable bonds is 7. The van der Waals surface area contributed by atoms with Crippen LogP contribution in [0.3, 0.4) is 0 Å². The monoisotopic (exact) mass is 339 g/mol. The number of anilines is 1. The Kier molecular flexibility index (Phi) is 5.33. The van der Waals surface area contributed by atoms with Crippen molar-refractivity contribution in [3.05, 3.63) is 60.2 Å². The maximum Gasteiger partial charge on any atom is 0.309 e. The lowest BCUT2D eigenvalue weighted by atomic mass is 10.2. The molecular formula is C20H21NO4. The Labute approximate surface area is 147 Å². The van der Waals surface area contributed by atoms with Gasteiger partial charge in [-0.15, -0.1) is 0 Å². The van der Waals surface area contributed by atoms with E-state index in [9.17, 15) is 9.59 Å². The van der Waals surface area contributed by atoms with Crippen molar-refractivity contribution in [2.24, 2.45) is 11.8 Å². The van der Waals surface area contributed by atoms with Crippen LogP contribution in [0.1, 0.15) is 18.9 Å². The molecule has 0 aliphatic heterocycles. The number of hydrogen-bond acceptors (Lipinski definition) is 4. The molecule has 0 radical (unpaired) electrons. The van der Waals surface area contributed by atoms with Crippen molar-refractivity contribution in [1.29, 1.82) is 0 Å². The zero-order valence-electron chi connectivity index (χ0n) is 14.1. The van der Waals surface area contributed by atoms with E-state index in [0.29, 0.717) is 18.2 Å². The Bertz CT molecular complexity index is 727. The van der Waals surface area contributed by atoms with Gasteiger partial charge in [0, 0.05) is 5.69 Å². The molecule has 0 bridgehead atoms. The maximum absolute atomic E-state index is 11.8. The first-order valence-electron chi connectivity index (χ1n) is 8.35. The molecule has 0 aromatic heterocycles. The third kappa shape index (κ3) is 5.08. The summed E-state index contributed by atoms with van der Waals surface area (Å²) in [5.41, 5.74) is 1.72. The predicted octanol–water partition coefficient (Wildman–Crippen LogP) is 3.40. The molecule has 0 heterocycles. The number of carbonyl (C=O) groups is 2. The fraction of sp³-hybridized carbons (Fsp3) is 0.300. The molecule has 2 aromatic carbocycles. The van der Waals surface area contributed by atoms with E-state index < -0.39 is 0 Å². The van der Waals surface area contributed by atoms with E-state index >= 15 is 0 Å². The van der Waals surface area contributed by atoms with Crippen molar-refractivity contribution >= 4 is 17.6 Å². The van der Waals surface area contributed by atoms with E-state index in [-0.39, 0.29) is 24.4 Å². The lowest BCUT2D eigenvalue weighted by Crippen LogP contribution is -2.21. The number of esters is 1. The van der Waals surface area contributed by atoms with Crippen molar-refractivity contribution in [3.8, 4) is 5.75 Å². The molecule has 2 aromatic rings. The first kappa shape index (κ1) is 17.0. The minimum atomic E-state index is -0.348. The number of hydrogen-bond donors (Lipinski definition) is 1. The van der Waals surface area contributed by atoms with Crippen molar-refractivity contribution in [2.75, 3.05) is 11.9 Å². The van der Waals surface area contributed by atoms with Gasteiger partial charge in [0.25, 0.3) is 5.91 Å². The Hall–Kier alpha value is -2.82. The molecule has 1 N–H and O–H groups in total. The van der Waals surface area contributed by atoms with Gasteiger partial charge in [-0.3, -0.25) is 9.59 Å². The number of benzene rings is 2. The maximum atomic E-state index is 11.8. The van der Waals surface area contributed by atoms with E-state index in [2.05, 4.69) is 5.32 Å². The van der Waals surface area contributed by atoms with Gasteiger partial charge in [0.2, 0.25) is 0 Å². The minimum Gasteiger partial charge on any atom is -0.489 e. The highest BCUT2D eigenvalue weighted by molar-refractivity contribution is 5.93. The lowest BCUT2D eigenvalue weighted by Gasteiger charge is -2.09. The molecule has 0 saturated heterocycles. The van der Waals surface area contributed by atoms with Gasteiger partial charge in [-0.05, 0) is 42.2 Å². The second-order valence-electron chi connectivity index (χ2n) is 6.27. The van der Waals surface area contributed by atoms with Gasteiger partial charge in [0.15, 0.2) is 6.61 Å². The summed E-state index contributed by atoms with van der Waals surface area (Å²) in [4.78, 5) is 23.4. The van der Waals surface area contributed by atoms with Crippen molar-refractivity contribution in [3.63, 3.8) is 0 Å². The van der Waals surface area contributed by atoms with Gasteiger partial charge in [0.1, 0.15) is 12.4 Å². The highest BCUT2D eigenvalue weighted by Crippen LogP contribution is 2.38. The van der Waals surface area contributed by atoms with Crippen LogP contribution in [0.5, 0.6) is 5.75 Å². The lowest BCUT2D eigenvalue weighted by molar-refractivity contribution is -0.148. The number of nitrogens with one attached hydrogen (secondary N) is 1. The Morgan fingerprint density at radius 1 is 1.08 bits per heavy atom. The van der Waals surface area contributed by atoms with Crippen LogP contribution in [0, 0.1) is 11.8 Å². The van der Waals surface area contributed by atoms with Crippen LogP contribution < -0.4 is 10.1 Å². The molecule has 2 atom stereocenters. The highest BCUT2D eigenvalue weighted by Gasteiger charge is 2.40. The fourth-order valence-corrected chi connectivity index (χ4v) is 2.47. The van der Waals surface area contributed by atoms with E-state index in [1.54, 1.807) is 24.3 Å². The Balaban J connectivity index is 1.42. The quantitative estimate of drug-likeness (QED) is 0.785. The van der Waals surface area contributed by atoms with Crippen LogP contribution in [0.15, 0.2) is 54.6 Å². The molecule has 5 heteroatoms. The molecule has 0 spiro atoms. The van der Waals surface area contributed by atoms with Crippen molar-refractivity contribution in [2.45, 2.75) is 20.0 Å². The Morgan fingerprint density at radius 2 is 1.76 bits per heavy atom.